The highest BCUT2D eigenvalue weighted by Crippen LogP contribution is 2.21. The standard InChI is InChI=1S/C18H20N2O3S/c1-12-9-13(2)20-18(19-12)24-11-15(17(21)23-4)10-14-5-7-16(22-3)8-6-14/h5-10H,11H2,1-4H3/b15-10+. The van der Waals surface area contributed by atoms with Crippen LogP contribution in [-0.4, -0.2) is 35.9 Å². The summed E-state index contributed by atoms with van der Waals surface area (Å²) in [4.78, 5) is 20.8. The highest BCUT2D eigenvalue weighted by Gasteiger charge is 2.12. The Bertz CT molecular complexity index is 722. The molecule has 24 heavy (non-hydrogen) atoms. The molecule has 0 aliphatic heterocycles. The number of hydrogen-bond donors (Lipinski definition) is 0. The van der Waals surface area contributed by atoms with Crippen molar-refractivity contribution in [1.82, 2.24) is 9.97 Å². The lowest BCUT2D eigenvalue weighted by Crippen LogP contribution is -2.07. The first-order valence-electron chi connectivity index (χ1n) is 7.40. The van der Waals surface area contributed by atoms with Crippen LogP contribution in [0.1, 0.15) is 17.0 Å². The molecule has 0 bridgehead atoms. The largest absolute Gasteiger partial charge is 0.497 e. The van der Waals surface area contributed by atoms with Crippen molar-refractivity contribution in [3.63, 3.8) is 0 Å². The molecule has 2 rings (SSSR count). The van der Waals surface area contributed by atoms with Gasteiger partial charge in [-0.2, -0.15) is 0 Å². The highest BCUT2D eigenvalue weighted by atomic mass is 32.2. The van der Waals surface area contributed by atoms with Crippen molar-refractivity contribution in [3.8, 4) is 5.75 Å². The molecule has 0 radical (unpaired) electrons. The van der Waals surface area contributed by atoms with Gasteiger partial charge in [0.25, 0.3) is 0 Å². The van der Waals surface area contributed by atoms with Crippen molar-refractivity contribution in [1.29, 1.82) is 0 Å². The van der Waals surface area contributed by atoms with Gasteiger partial charge in [0.15, 0.2) is 5.16 Å². The van der Waals surface area contributed by atoms with E-state index in [0.717, 1.165) is 22.7 Å². The van der Waals surface area contributed by atoms with Gasteiger partial charge in [0, 0.05) is 22.7 Å². The first-order chi connectivity index (χ1) is 11.5. The van der Waals surface area contributed by atoms with Gasteiger partial charge in [-0.05, 0) is 43.7 Å². The van der Waals surface area contributed by atoms with E-state index in [1.807, 2.05) is 44.2 Å². The summed E-state index contributed by atoms with van der Waals surface area (Å²) in [7, 11) is 2.99. The van der Waals surface area contributed by atoms with Crippen molar-refractivity contribution in [3.05, 3.63) is 52.9 Å². The number of carbonyl (C=O) groups excluding carboxylic acids is 1. The number of rotatable bonds is 6. The number of carbonyl (C=O) groups is 1. The van der Waals surface area contributed by atoms with Gasteiger partial charge in [0.2, 0.25) is 0 Å². The molecule has 0 aliphatic carbocycles. The Morgan fingerprint density at radius 1 is 1.12 bits per heavy atom. The maximum atomic E-state index is 12.0. The minimum absolute atomic E-state index is 0.359. The second kappa shape index (κ2) is 8.49. The fourth-order valence-corrected chi connectivity index (χ4v) is 3.00. The van der Waals surface area contributed by atoms with Gasteiger partial charge in [-0.1, -0.05) is 23.9 Å². The van der Waals surface area contributed by atoms with E-state index in [1.165, 1.54) is 18.9 Å². The van der Waals surface area contributed by atoms with E-state index >= 15 is 0 Å². The van der Waals surface area contributed by atoms with Crippen LogP contribution in [0.3, 0.4) is 0 Å². The molecule has 0 unspecified atom stereocenters. The van der Waals surface area contributed by atoms with E-state index in [9.17, 15) is 4.79 Å². The number of thioether (sulfide) groups is 1. The lowest BCUT2D eigenvalue weighted by atomic mass is 10.1. The van der Waals surface area contributed by atoms with Crippen LogP contribution < -0.4 is 4.74 Å². The number of nitrogens with zero attached hydrogens (tertiary/aromatic N) is 2. The fourth-order valence-electron chi connectivity index (χ4n) is 2.09. The molecule has 5 nitrogen and oxygen atoms in total. The summed E-state index contributed by atoms with van der Waals surface area (Å²) >= 11 is 1.41. The molecule has 0 aliphatic rings. The third kappa shape index (κ3) is 5.09. The molecule has 1 aromatic carbocycles. The summed E-state index contributed by atoms with van der Waals surface area (Å²) < 4.78 is 10.0. The van der Waals surface area contributed by atoms with Crippen LogP contribution in [-0.2, 0) is 9.53 Å². The molecule has 0 atom stereocenters. The third-order valence-electron chi connectivity index (χ3n) is 3.22. The SMILES string of the molecule is COC(=O)/C(=C/c1ccc(OC)cc1)CSc1nc(C)cc(C)n1. The zero-order valence-corrected chi connectivity index (χ0v) is 15.0. The molecule has 0 saturated carbocycles. The molecule has 0 amide bonds. The second-order valence-electron chi connectivity index (χ2n) is 5.16. The van der Waals surface area contributed by atoms with E-state index in [0.29, 0.717) is 16.5 Å². The molecule has 0 spiro atoms. The summed E-state index contributed by atoms with van der Waals surface area (Å²) in [6.45, 7) is 3.85. The zero-order valence-electron chi connectivity index (χ0n) is 14.2. The molecular formula is C18H20N2O3S. The van der Waals surface area contributed by atoms with E-state index in [-0.39, 0.29) is 5.97 Å². The molecular weight excluding hydrogens is 324 g/mol. The molecule has 126 valence electrons. The molecule has 1 heterocycles. The minimum Gasteiger partial charge on any atom is -0.497 e. The van der Waals surface area contributed by atoms with E-state index in [2.05, 4.69) is 9.97 Å². The van der Waals surface area contributed by atoms with Crippen LogP contribution in [0.4, 0.5) is 0 Å². The Balaban J connectivity index is 2.18. The Labute approximate surface area is 146 Å². The number of esters is 1. The molecule has 0 N–H and O–H groups in total. The van der Waals surface area contributed by atoms with Gasteiger partial charge < -0.3 is 9.47 Å². The second-order valence-corrected chi connectivity index (χ2v) is 6.10. The van der Waals surface area contributed by atoms with Crippen LogP contribution in [0, 0.1) is 13.8 Å². The van der Waals surface area contributed by atoms with E-state index in [1.54, 1.807) is 13.2 Å². The Hall–Kier alpha value is -2.34. The molecule has 2 aromatic rings. The number of hydrogen-bond acceptors (Lipinski definition) is 6. The molecule has 6 heteroatoms. The van der Waals surface area contributed by atoms with Crippen LogP contribution in [0.2, 0.25) is 0 Å². The molecule has 0 fully saturated rings. The lowest BCUT2D eigenvalue weighted by Gasteiger charge is -2.07. The first kappa shape index (κ1) is 18.0. The van der Waals surface area contributed by atoms with Gasteiger partial charge in [-0.3, -0.25) is 0 Å². The minimum atomic E-state index is -0.359. The fraction of sp³-hybridized carbons (Fsp3) is 0.278. The Morgan fingerprint density at radius 2 is 1.75 bits per heavy atom. The van der Waals surface area contributed by atoms with Gasteiger partial charge in [-0.25, -0.2) is 14.8 Å². The van der Waals surface area contributed by atoms with Crippen molar-refractivity contribution in [2.45, 2.75) is 19.0 Å². The van der Waals surface area contributed by atoms with Gasteiger partial charge in [-0.15, -0.1) is 0 Å². The average Bonchev–Trinajstić information content (AvgIpc) is 2.57. The monoisotopic (exact) mass is 344 g/mol. The van der Waals surface area contributed by atoms with Crippen molar-refractivity contribution < 1.29 is 14.3 Å². The maximum Gasteiger partial charge on any atom is 0.334 e. The number of benzene rings is 1. The summed E-state index contributed by atoms with van der Waals surface area (Å²) in [6.07, 6.45) is 1.81. The normalized spacial score (nSPS) is 11.2. The van der Waals surface area contributed by atoms with Crippen molar-refractivity contribution >= 4 is 23.8 Å². The Morgan fingerprint density at radius 3 is 2.29 bits per heavy atom. The van der Waals surface area contributed by atoms with Gasteiger partial charge in [0.1, 0.15) is 5.75 Å². The summed E-state index contributed by atoms with van der Waals surface area (Å²) in [5.41, 5.74) is 3.26. The first-order valence-corrected chi connectivity index (χ1v) is 8.38. The number of ether oxygens (including phenoxy) is 2. The average molecular weight is 344 g/mol. The predicted octanol–water partition coefficient (Wildman–Crippen LogP) is 3.45. The lowest BCUT2D eigenvalue weighted by molar-refractivity contribution is -0.135. The van der Waals surface area contributed by atoms with E-state index in [4.69, 9.17) is 9.47 Å². The number of aryl methyl sites for hydroxylation is 2. The van der Waals surface area contributed by atoms with Crippen LogP contribution in [0.15, 0.2) is 41.1 Å². The Kier molecular flexibility index (Phi) is 6.37. The van der Waals surface area contributed by atoms with Crippen LogP contribution >= 0.6 is 11.8 Å². The predicted molar refractivity (Wildman–Crippen MR) is 95.2 cm³/mol. The van der Waals surface area contributed by atoms with Gasteiger partial charge >= 0.3 is 5.97 Å². The molecule has 1 aromatic heterocycles. The van der Waals surface area contributed by atoms with Crippen LogP contribution in [0.25, 0.3) is 6.08 Å². The summed E-state index contributed by atoms with van der Waals surface area (Å²) in [5, 5.41) is 0.650. The highest BCUT2D eigenvalue weighted by molar-refractivity contribution is 7.99. The topological polar surface area (TPSA) is 61.3 Å². The third-order valence-corrected chi connectivity index (χ3v) is 4.12. The van der Waals surface area contributed by atoms with Crippen LogP contribution in [0.5, 0.6) is 5.75 Å². The van der Waals surface area contributed by atoms with Gasteiger partial charge in [0.05, 0.1) is 14.2 Å². The number of aromatic nitrogens is 2. The number of methoxy groups -OCH3 is 2. The quantitative estimate of drug-likeness (QED) is 0.346. The summed E-state index contributed by atoms with van der Waals surface area (Å²) in [6, 6.07) is 9.39. The zero-order chi connectivity index (χ0) is 17.5. The molecule has 0 saturated heterocycles. The van der Waals surface area contributed by atoms with Crippen molar-refractivity contribution in [2.24, 2.45) is 0 Å². The van der Waals surface area contributed by atoms with E-state index < -0.39 is 0 Å². The smallest absolute Gasteiger partial charge is 0.334 e. The van der Waals surface area contributed by atoms with Crippen molar-refractivity contribution in [2.75, 3.05) is 20.0 Å². The maximum absolute atomic E-state index is 12.0. The summed E-state index contributed by atoms with van der Waals surface area (Å²) in [5.74, 6) is 0.842.